The van der Waals surface area contributed by atoms with Crippen LogP contribution >= 0.6 is 0 Å². The maximum Gasteiger partial charge on any atom is 0.222 e. The molecule has 3 fully saturated rings. The van der Waals surface area contributed by atoms with E-state index in [0.717, 1.165) is 51.5 Å². The average molecular weight is 221 g/mol. The Morgan fingerprint density at radius 1 is 1.00 bits per heavy atom. The fraction of sp³-hybridized carbons (Fsp3) is 0.846. The van der Waals surface area contributed by atoms with Crippen molar-refractivity contribution in [2.24, 2.45) is 11.8 Å². The molecule has 3 aliphatic rings. The molecule has 0 radical (unpaired) electrons. The van der Waals surface area contributed by atoms with E-state index in [1.165, 1.54) is 0 Å². The molecule has 1 saturated carbocycles. The molecule has 3 rings (SSSR count). The van der Waals surface area contributed by atoms with Crippen molar-refractivity contribution in [2.75, 3.05) is 6.54 Å². The number of carbonyl (C=O) groups excluding carboxylic acids is 2. The Bertz CT molecular complexity index is 326. The highest BCUT2D eigenvalue weighted by Gasteiger charge is 2.46. The van der Waals surface area contributed by atoms with Gasteiger partial charge in [0.2, 0.25) is 5.91 Å². The number of amides is 1. The number of rotatable bonds is 0. The summed E-state index contributed by atoms with van der Waals surface area (Å²) < 4.78 is 0. The van der Waals surface area contributed by atoms with Crippen LogP contribution in [0.25, 0.3) is 0 Å². The average Bonchev–Trinajstić information content (AvgIpc) is 2.65. The summed E-state index contributed by atoms with van der Waals surface area (Å²) in [4.78, 5) is 25.8. The second-order valence-corrected chi connectivity index (χ2v) is 5.58. The zero-order valence-corrected chi connectivity index (χ0v) is 9.65. The van der Waals surface area contributed by atoms with E-state index < -0.39 is 0 Å². The van der Waals surface area contributed by atoms with Gasteiger partial charge in [-0.05, 0) is 31.1 Å². The smallest absolute Gasteiger partial charge is 0.222 e. The molecule has 0 unspecified atom stereocenters. The van der Waals surface area contributed by atoms with Crippen LogP contribution in [0.2, 0.25) is 0 Å². The molecule has 2 aliphatic heterocycles. The molecule has 1 amide bonds. The highest BCUT2D eigenvalue weighted by Crippen LogP contribution is 2.41. The Morgan fingerprint density at radius 2 is 1.75 bits per heavy atom. The normalized spacial score (nSPS) is 39.2. The van der Waals surface area contributed by atoms with Crippen LogP contribution in [0.15, 0.2) is 0 Å². The van der Waals surface area contributed by atoms with Crippen molar-refractivity contribution in [3.8, 4) is 0 Å². The minimum atomic E-state index is 0.339. The molecule has 0 spiro atoms. The van der Waals surface area contributed by atoms with E-state index in [0.29, 0.717) is 29.6 Å². The third kappa shape index (κ3) is 1.57. The number of hydrogen-bond acceptors (Lipinski definition) is 2. The zero-order chi connectivity index (χ0) is 11.1. The summed E-state index contributed by atoms with van der Waals surface area (Å²) in [5.41, 5.74) is 0. The minimum absolute atomic E-state index is 0.339. The van der Waals surface area contributed by atoms with E-state index in [2.05, 4.69) is 4.90 Å². The van der Waals surface area contributed by atoms with E-state index in [9.17, 15) is 9.59 Å². The van der Waals surface area contributed by atoms with E-state index in [4.69, 9.17) is 0 Å². The molecule has 3 heteroatoms. The largest absolute Gasteiger partial charge is 0.339 e. The van der Waals surface area contributed by atoms with Crippen LogP contribution in [-0.2, 0) is 9.59 Å². The maximum absolute atomic E-state index is 12.0. The van der Waals surface area contributed by atoms with Gasteiger partial charge in [0, 0.05) is 31.8 Å². The van der Waals surface area contributed by atoms with Gasteiger partial charge in [0.1, 0.15) is 5.78 Å². The predicted octanol–water partition coefficient (Wildman–Crippen LogP) is 1.76. The van der Waals surface area contributed by atoms with Crippen molar-refractivity contribution >= 4 is 11.7 Å². The van der Waals surface area contributed by atoms with E-state index >= 15 is 0 Å². The van der Waals surface area contributed by atoms with Crippen LogP contribution in [0.1, 0.15) is 44.9 Å². The molecule has 0 bridgehead atoms. The van der Waals surface area contributed by atoms with E-state index in [-0.39, 0.29) is 0 Å². The van der Waals surface area contributed by atoms with Crippen molar-refractivity contribution in [3.05, 3.63) is 0 Å². The molecule has 2 heterocycles. The second-order valence-electron chi connectivity index (χ2n) is 5.58. The van der Waals surface area contributed by atoms with Crippen molar-refractivity contribution < 1.29 is 9.59 Å². The summed E-state index contributed by atoms with van der Waals surface area (Å²) in [6, 6.07) is 0.408. The van der Waals surface area contributed by atoms with Crippen LogP contribution in [0.4, 0.5) is 0 Å². The summed E-state index contributed by atoms with van der Waals surface area (Å²) in [5.74, 6) is 1.72. The summed E-state index contributed by atoms with van der Waals surface area (Å²) in [6.07, 6.45) is 6.52. The molecule has 3 atom stereocenters. The quantitative estimate of drug-likeness (QED) is 0.625. The van der Waals surface area contributed by atoms with Gasteiger partial charge in [0.25, 0.3) is 0 Å². The van der Waals surface area contributed by atoms with Crippen molar-refractivity contribution in [3.63, 3.8) is 0 Å². The second kappa shape index (κ2) is 3.86. The number of hydrogen-bond donors (Lipinski definition) is 0. The lowest BCUT2D eigenvalue weighted by Crippen LogP contribution is -2.47. The van der Waals surface area contributed by atoms with Gasteiger partial charge in [0.05, 0.1) is 0 Å². The highest BCUT2D eigenvalue weighted by molar-refractivity contribution is 5.82. The predicted molar refractivity (Wildman–Crippen MR) is 59.8 cm³/mol. The first-order valence-electron chi connectivity index (χ1n) is 6.57. The number of carbonyl (C=O) groups is 2. The van der Waals surface area contributed by atoms with Gasteiger partial charge in [-0.25, -0.2) is 0 Å². The van der Waals surface area contributed by atoms with Gasteiger partial charge >= 0.3 is 0 Å². The third-order valence-corrected chi connectivity index (χ3v) is 4.58. The monoisotopic (exact) mass is 221 g/mol. The molecule has 16 heavy (non-hydrogen) atoms. The van der Waals surface area contributed by atoms with Gasteiger partial charge < -0.3 is 4.90 Å². The fourth-order valence-electron chi connectivity index (χ4n) is 3.92. The van der Waals surface area contributed by atoms with Crippen LogP contribution in [0, 0.1) is 11.8 Å². The van der Waals surface area contributed by atoms with Gasteiger partial charge in [0.15, 0.2) is 0 Å². The molecule has 0 N–H and O–H groups in total. The molecule has 3 nitrogen and oxygen atoms in total. The summed E-state index contributed by atoms with van der Waals surface area (Å²) in [6.45, 7) is 0.901. The lowest BCUT2D eigenvalue weighted by Gasteiger charge is -2.39. The minimum Gasteiger partial charge on any atom is -0.339 e. The Balaban J connectivity index is 1.88. The molecule has 1 aliphatic carbocycles. The number of Topliss-reactive ketones (excluding diaryl/α,β-unsaturated/α-hetero) is 1. The highest BCUT2D eigenvalue weighted by atomic mass is 16.2. The SMILES string of the molecule is O=C1C[C@H]2CCCCC(=O)N3CC[C@@H](C1)[C@@H]23. The number of nitrogens with zero attached hydrogens (tertiary/aromatic N) is 1. The molecular formula is C13H19NO2. The fourth-order valence-corrected chi connectivity index (χ4v) is 3.92. The Morgan fingerprint density at radius 3 is 2.56 bits per heavy atom. The lowest BCUT2D eigenvalue weighted by atomic mass is 9.74. The maximum atomic E-state index is 12.0. The first-order valence-corrected chi connectivity index (χ1v) is 6.57. The van der Waals surface area contributed by atoms with E-state index in [1.807, 2.05) is 0 Å². The summed E-state index contributed by atoms with van der Waals surface area (Å²) >= 11 is 0. The van der Waals surface area contributed by atoms with Gasteiger partial charge in [-0.1, -0.05) is 6.42 Å². The first-order chi connectivity index (χ1) is 7.75. The Hall–Kier alpha value is -0.860. The van der Waals surface area contributed by atoms with Crippen LogP contribution < -0.4 is 0 Å². The molecule has 2 saturated heterocycles. The Labute approximate surface area is 96.2 Å². The summed E-state index contributed by atoms with van der Waals surface area (Å²) in [7, 11) is 0. The standard InChI is InChI=1S/C13H19NO2/c15-11-7-9-3-1-2-4-12(16)14-6-5-10(8-11)13(9)14/h9-10,13H,1-8H2/t9-,10+,13-/m1/s1. The number of ketones is 1. The molecule has 0 aromatic rings. The van der Waals surface area contributed by atoms with Crippen molar-refractivity contribution in [1.82, 2.24) is 4.90 Å². The van der Waals surface area contributed by atoms with Crippen molar-refractivity contribution in [1.29, 1.82) is 0 Å². The molecule has 88 valence electrons. The molecule has 0 aromatic carbocycles. The van der Waals surface area contributed by atoms with E-state index in [1.54, 1.807) is 0 Å². The van der Waals surface area contributed by atoms with Crippen molar-refractivity contribution in [2.45, 2.75) is 51.0 Å². The lowest BCUT2D eigenvalue weighted by molar-refractivity contribution is -0.137. The first kappa shape index (κ1) is 10.3. The third-order valence-electron chi connectivity index (χ3n) is 4.58. The van der Waals surface area contributed by atoms with Gasteiger partial charge in [-0.2, -0.15) is 0 Å². The van der Waals surface area contributed by atoms with Gasteiger partial charge in [-0.15, -0.1) is 0 Å². The molecular weight excluding hydrogens is 202 g/mol. The molecule has 0 aromatic heterocycles. The van der Waals surface area contributed by atoms with Crippen LogP contribution in [-0.4, -0.2) is 29.2 Å². The van der Waals surface area contributed by atoms with Gasteiger partial charge in [-0.3, -0.25) is 9.59 Å². The zero-order valence-electron chi connectivity index (χ0n) is 9.65. The summed E-state index contributed by atoms with van der Waals surface area (Å²) in [5, 5.41) is 0. The topological polar surface area (TPSA) is 37.4 Å². The van der Waals surface area contributed by atoms with Crippen LogP contribution in [0.3, 0.4) is 0 Å². The Kier molecular flexibility index (Phi) is 2.49. The van der Waals surface area contributed by atoms with Crippen LogP contribution in [0.5, 0.6) is 0 Å².